The molecular formula is C16H20ClN3O2. The standard InChI is InChI=1S/C16H20ClN3O2/c17-12-3-4-15-14(8-12)11(9-19-15)5-6-18-16(22)20-7-1-2-13(20)10-21/h3-4,8-9,13,19,21H,1-2,5-7,10H2,(H,18,22)/t13-/m0/s1. The first-order chi connectivity index (χ1) is 10.7. The van der Waals surface area contributed by atoms with Crippen LogP contribution in [0.3, 0.4) is 0 Å². The highest BCUT2D eigenvalue weighted by Gasteiger charge is 2.27. The Bertz CT molecular complexity index is 670. The molecule has 1 aliphatic rings. The lowest BCUT2D eigenvalue weighted by atomic mass is 10.1. The van der Waals surface area contributed by atoms with Gasteiger partial charge in [0.25, 0.3) is 0 Å². The SMILES string of the molecule is O=C(NCCc1c[nH]c2ccc(Cl)cc12)N1CCC[C@H]1CO. The number of H-pyrrole nitrogens is 1. The van der Waals surface area contributed by atoms with Gasteiger partial charge < -0.3 is 20.3 Å². The Kier molecular flexibility index (Phi) is 4.55. The van der Waals surface area contributed by atoms with Gasteiger partial charge in [-0.05, 0) is 43.0 Å². The Hall–Kier alpha value is -1.72. The fourth-order valence-electron chi connectivity index (χ4n) is 3.06. The number of aliphatic hydroxyl groups excluding tert-OH is 1. The van der Waals surface area contributed by atoms with Gasteiger partial charge >= 0.3 is 6.03 Å². The number of urea groups is 1. The van der Waals surface area contributed by atoms with Crippen LogP contribution in [-0.2, 0) is 6.42 Å². The van der Waals surface area contributed by atoms with Gasteiger partial charge in [-0.1, -0.05) is 11.6 Å². The number of aliphatic hydroxyl groups is 1. The van der Waals surface area contributed by atoms with E-state index in [1.54, 1.807) is 4.90 Å². The average molecular weight is 322 g/mol. The van der Waals surface area contributed by atoms with E-state index in [2.05, 4.69) is 10.3 Å². The van der Waals surface area contributed by atoms with E-state index >= 15 is 0 Å². The number of amides is 2. The number of nitrogens with one attached hydrogen (secondary N) is 2. The molecule has 3 rings (SSSR count). The third-order valence-electron chi connectivity index (χ3n) is 4.25. The summed E-state index contributed by atoms with van der Waals surface area (Å²) in [7, 11) is 0. The molecule has 1 fully saturated rings. The summed E-state index contributed by atoms with van der Waals surface area (Å²) in [5, 5.41) is 14.0. The predicted molar refractivity (Wildman–Crippen MR) is 87.2 cm³/mol. The van der Waals surface area contributed by atoms with Crippen LogP contribution in [0.2, 0.25) is 5.02 Å². The summed E-state index contributed by atoms with van der Waals surface area (Å²) in [6, 6.07) is 5.62. The number of aromatic nitrogens is 1. The predicted octanol–water partition coefficient (Wildman–Crippen LogP) is 2.53. The minimum absolute atomic E-state index is 0.0353. The van der Waals surface area contributed by atoms with E-state index in [-0.39, 0.29) is 18.7 Å². The average Bonchev–Trinajstić information content (AvgIpc) is 3.13. The van der Waals surface area contributed by atoms with Crippen LogP contribution in [0.25, 0.3) is 10.9 Å². The molecule has 3 N–H and O–H groups in total. The highest BCUT2D eigenvalue weighted by Crippen LogP contribution is 2.22. The molecule has 1 atom stereocenters. The zero-order valence-corrected chi connectivity index (χ0v) is 13.1. The quantitative estimate of drug-likeness (QED) is 0.810. The Morgan fingerprint density at radius 2 is 2.36 bits per heavy atom. The van der Waals surface area contributed by atoms with Crippen LogP contribution in [0.5, 0.6) is 0 Å². The number of likely N-dealkylation sites (tertiary alicyclic amines) is 1. The van der Waals surface area contributed by atoms with Crippen molar-refractivity contribution in [2.24, 2.45) is 0 Å². The van der Waals surface area contributed by atoms with Gasteiger partial charge in [-0.15, -0.1) is 0 Å². The van der Waals surface area contributed by atoms with E-state index in [4.69, 9.17) is 11.6 Å². The highest BCUT2D eigenvalue weighted by atomic mass is 35.5. The van der Waals surface area contributed by atoms with E-state index in [1.165, 1.54) is 0 Å². The van der Waals surface area contributed by atoms with Gasteiger partial charge in [0.15, 0.2) is 0 Å². The maximum Gasteiger partial charge on any atom is 0.317 e. The molecule has 2 heterocycles. The van der Waals surface area contributed by atoms with Crippen LogP contribution in [0.1, 0.15) is 18.4 Å². The Labute approximate surface area is 134 Å². The molecule has 118 valence electrons. The van der Waals surface area contributed by atoms with Crippen LogP contribution < -0.4 is 5.32 Å². The number of benzene rings is 1. The van der Waals surface area contributed by atoms with Crippen molar-refractivity contribution in [2.45, 2.75) is 25.3 Å². The largest absolute Gasteiger partial charge is 0.394 e. The summed E-state index contributed by atoms with van der Waals surface area (Å²) in [5.41, 5.74) is 2.18. The van der Waals surface area contributed by atoms with Crippen molar-refractivity contribution >= 4 is 28.5 Å². The number of hydrogen-bond acceptors (Lipinski definition) is 2. The van der Waals surface area contributed by atoms with E-state index in [9.17, 15) is 9.90 Å². The number of hydrogen-bond donors (Lipinski definition) is 3. The second-order valence-corrected chi connectivity index (χ2v) is 6.09. The second kappa shape index (κ2) is 6.58. The van der Waals surface area contributed by atoms with Crippen LogP contribution in [0.4, 0.5) is 4.79 Å². The third-order valence-corrected chi connectivity index (χ3v) is 4.48. The molecule has 2 amide bonds. The highest BCUT2D eigenvalue weighted by molar-refractivity contribution is 6.31. The van der Waals surface area contributed by atoms with Crippen LogP contribution in [0, 0.1) is 0 Å². The van der Waals surface area contributed by atoms with Crippen molar-refractivity contribution in [3.05, 3.63) is 35.0 Å². The summed E-state index contributed by atoms with van der Waals surface area (Å²) >= 11 is 6.04. The molecule has 1 aromatic carbocycles. The lowest BCUT2D eigenvalue weighted by Gasteiger charge is -2.23. The molecule has 0 spiro atoms. The van der Waals surface area contributed by atoms with E-state index < -0.39 is 0 Å². The maximum atomic E-state index is 12.1. The molecule has 5 nitrogen and oxygen atoms in total. The molecule has 22 heavy (non-hydrogen) atoms. The fourth-order valence-corrected chi connectivity index (χ4v) is 3.23. The number of halogens is 1. The van der Waals surface area contributed by atoms with Crippen LogP contribution in [-0.4, -0.2) is 46.8 Å². The molecule has 1 aromatic heterocycles. The molecule has 6 heteroatoms. The van der Waals surface area contributed by atoms with E-state index in [0.717, 1.165) is 42.3 Å². The smallest absolute Gasteiger partial charge is 0.317 e. The van der Waals surface area contributed by atoms with Gasteiger partial charge in [-0.3, -0.25) is 0 Å². The topological polar surface area (TPSA) is 68.4 Å². The van der Waals surface area contributed by atoms with E-state index in [0.29, 0.717) is 11.6 Å². The van der Waals surface area contributed by atoms with Crippen molar-refractivity contribution < 1.29 is 9.90 Å². The summed E-state index contributed by atoms with van der Waals surface area (Å²) in [5.74, 6) is 0. The number of fused-ring (bicyclic) bond motifs is 1. The molecule has 0 radical (unpaired) electrons. The van der Waals surface area contributed by atoms with Crippen molar-refractivity contribution in [3.8, 4) is 0 Å². The van der Waals surface area contributed by atoms with Gasteiger partial charge in [-0.25, -0.2) is 4.79 Å². The summed E-state index contributed by atoms with van der Waals surface area (Å²) in [6.07, 6.45) is 4.54. The monoisotopic (exact) mass is 321 g/mol. The van der Waals surface area contributed by atoms with Gasteiger partial charge in [0.2, 0.25) is 0 Å². The van der Waals surface area contributed by atoms with Gasteiger partial charge in [0.05, 0.1) is 12.6 Å². The first-order valence-electron chi connectivity index (χ1n) is 7.60. The number of rotatable bonds is 4. The first-order valence-corrected chi connectivity index (χ1v) is 7.97. The summed E-state index contributed by atoms with van der Waals surface area (Å²) in [6.45, 7) is 1.32. The third kappa shape index (κ3) is 3.05. The van der Waals surface area contributed by atoms with Crippen molar-refractivity contribution in [1.82, 2.24) is 15.2 Å². The zero-order chi connectivity index (χ0) is 15.5. The fraction of sp³-hybridized carbons (Fsp3) is 0.438. The normalized spacial score (nSPS) is 18.1. The molecule has 1 saturated heterocycles. The minimum Gasteiger partial charge on any atom is -0.394 e. The molecule has 0 aliphatic carbocycles. The Balaban J connectivity index is 1.58. The molecule has 0 unspecified atom stereocenters. The van der Waals surface area contributed by atoms with Crippen molar-refractivity contribution in [2.75, 3.05) is 19.7 Å². The zero-order valence-electron chi connectivity index (χ0n) is 12.3. The van der Waals surface area contributed by atoms with Gasteiger partial charge in [-0.2, -0.15) is 0 Å². The van der Waals surface area contributed by atoms with Crippen LogP contribution >= 0.6 is 11.6 Å². The van der Waals surface area contributed by atoms with Crippen LogP contribution in [0.15, 0.2) is 24.4 Å². The van der Waals surface area contributed by atoms with Crippen molar-refractivity contribution in [3.63, 3.8) is 0 Å². The number of aromatic amines is 1. The summed E-state index contributed by atoms with van der Waals surface area (Å²) in [4.78, 5) is 17.1. The lowest BCUT2D eigenvalue weighted by molar-refractivity contribution is 0.157. The molecule has 0 saturated carbocycles. The second-order valence-electron chi connectivity index (χ2n) is 5.66. The lowest BCUT2D eigenvalue weighted by Crippen LogP contribution is -2.44. The molecule has 2 aromatic rings. The Morgan fingerprint density at radius 3 is 3.18 bits per heavy atom. The number of nitrogens with zero attached hydrogens (tertiary/aromatic N) is 1. The number of carbonyl (C=O) groups excluding carboxylic acids is 1. The molecule has 1 aliphatic heterocycles. The van der Waals surface area contributed by atoms with E-state index in [1.807, 2.05) is 24.4 Å². The summed E-state index contributed by atoms with van der Waals surface area (Å²) < 4.78 is 0. The molecule has 0 bridgehead atoms. The minimum atomic E-state index is -0.0885. The van der Waals surface area contributed by atoms with Gasteiger partial charge in [0, 0.05) is 35.2 Å². The van der Waals surface area contributed by atoms with Crippen molar-refractivity contribution in [1.29, 1.82) is 0 Å². The van der Waals surface area contributed by atoms with Gasteiger partial charge in [0.1, 0.15) is 0 Å². The maximum absolute atomic E-state index is 12.1. The first kappa shape index (κ1) is 15.2. The Morgan fingerprint density at radius 1 is 1.50 bits per heavy atom. The number of carbonyl (C=O) groups is 1. The molecular weight excluding hydrogens is 302 g/mol.